The molecule has 2 heterocycles. The average Bonchev–Trinajstić information content (AvgIpc) is 3.32. The van der Waals surface area contributed by atoms with Gasteiger partial charge in [-0.25, -0.2) is 4.98 Å². The molecule has 1 fully saturated rings. The SMILES string of the molecule is CN=C(NCc1coc(-c2ccc(C)cc2)n1)NC1CCN(C(C)c2ccccc2)CC1. The van der Waals surface area contributed by atoms with Crippen LogP contribution in [0.3, 0.4) is 0 Å². The van der Waals surface area contributed by atoms with E-state index < -0.39 is 0 Å². The lowest BCUT2D eigenvalue weighted by molar-refractivity contribution is 0.158. The summed E-state index contributed by atoms with van der Waals surface area (Å²) in [6, 6.07) is 19.8. The van der Waals surface area contributed by atoms with Gasteiger partial charge in [0.1, 0.15) is 6.26 Å². The number of aromatic nitrogens is 1. The van der Waals surface area contributed by atoms with Crippen LogP contribution in [0, 0.1) is 6.92 Å². The maximum absolute atomic E-state index is 5.66. The molecule has 2 N–H and O–H groups in total. The summed E-state index contributed by atoms with van der Waals surface area (Å²) in [7, 11) is 1.81. The molecule has 0 amide bonds. The molecule has 0 radical (unpaired) electrons. The lowest BCUT2D eigenvalue weighted by Gasteiger charge is -2.37. The molecule has 32 heavy (non-hydrogen) atoms. The first-order valence-electron chi connectivity index (χ1n) is 11.4. The maximum atomic E-state index is 5.66. The predicted octanol–water partition coefficient (Wildman–Crippen LogP) is 4.54. The minimum absolute atomic E-state index is 0.417. The number of hydrogen-bond acceptors (Lipinski definition) is 4. The van der Waals surface area contributed by atoms with E-state index in [1.165, 1.54) is 11.1 Å². The van der Waals surface area contributed by atoms with Crippen LogP contribution in [0.5, 0.6) is 0 Å². The van der Waals surface area contributed by atoms with Gasteiger partial charge >= 0.3 is 0 Å². The van der Waals surface area contributed by atoms with Crippen molar-refractivity contribution in [3.05, 3.63) is 77.7 Å². The Bertz CT molecular complexity index is 1000. The maximum Gasteiger partial charge on any atom is 0.226 e. The molecule has 1 aliphatic heterocycles. The van der Waals surface area contributed by atoms with Crippen LogP contribution in [0.25, 0.3) is 11.5 Å². The number of oxazole rings is 1. The fraction of sp³-hybridized carbons (Fsp3) is 0.385. The van der Waals surface area contributed by atoms with Gasteiger partial charge in [-0.1, -0.05) is 48.0 Å². The molecule has 1 atom stereocenters. The van der Waals surface area contributed by atoms with E-state index in [1.54, 1.807) is 6.26 Å². The highest BCUT2D eigenvalue weighted by atomic mass is 16.3. The third kappa shape index (κ3) is 5.56. The quantitative estimate of drug-likeness (QED) is 0.443. The molecule has 0 bridgehead atoms. The Hall–Kier alpha value is -3.12. The van der Waals surface area contributed by atoms with E-state index in [-0.39, 0.29) is 0 Å². The molecular weight excluding hydrogens is 398 g/mol. The first-order valence-corrected chi connectivity index (χ1v) is 11.4. The van der Waals surface area contributed by atoms with Gasteiger partial charge in [0, 0.05) is 37.8 Å². The number of guanidine groups is 1. The first-order chi connectivity index (χ1) is 15.6. The van der Waals surface area contributed by atoms with Crippen LogP contribution in [-0.2, 0) is 6.54 Å². The second kappa shape index (κ2) is 10.5. The molecule has 1 aliphatic rings. The van der Waals surface area contributed by atoms with Gasteiger partial charge in [-0.2, -0.15) is 0 Å². The van der Waals surface area contributed by atoms with Gasteiger partial charge in [0.05, 0.1) is 12.2 Å². The van der Waals surface area contributed by atoms with Gasteiger partial charge in [-0.15, -0.1) is 0 Å². The van der Waals surface area contributed by atoms with Crippen molar-refractivity contribution in [3.63, 3.8) is 0 Å². The van der Waals surface area contributed by atoms with Crippen molar-refractivity contribution in [2.24, 2.45) is 4.99 Å². The molecule has 6 heteroatoms. The normalized spacial score (nSPS) is 16.7. The summed E-state index contributed by atoms with van der Waals surface area (Å²) in [6.07, 6.45) is 3.90. The minimum atomic E-state index is 0.417. The van der Waals surface area contributed by atoms with E-state index in [0.717, 1.165) is 43.1 Å². The van der Waals surface area contributed by atoms with Crippen LogP contribution >= 0.6 is 0 Å². The van der Waals surface area contributed by atoms with Crippen molar-refractivity contribution in [1.82, 2.24) is 20.5 Å². The van der Waals surface area contributed by atoms with Crippen LogP contribution in [0.1, 0.15) is 42.6 Å². The Morgan fingerprint density at radius 1 is 1.12 bits per heavy atom. The minimum Gasteiger partial charge on any atom is -0.444 e. The van der Waals surface area contributed by atoms with Crippen molar-refractivity contribution in [2.75, 3.05) is 20.1 Å². The Morgan fingerprint density at radius 3 is 2.53 bits per heavy atom. The summed E-state index contributed by atoms with van der Waals surface area (Å²) in [5.74, 6) is 1.45. The summed E-state index contributed by atoms with van der Waals surface area (Å²) in [5.41, 5.74) is 4.45. The third-order valence-electron chi connectivity index (χ3n) is 6.21. The van der Waals surface area contributed by atoms with Crippen molar-refractivity contribution in [2.45, 2.75) is 45.3 Å². The third-order valence-corrected chi connectivity index (χ3v) is 6.21. The van der Waals surface area contributed by atoms with Gasteiger partial charge in [-0.3, -0.25) is 9.89 Å². The zero-order chi connectivity index (χ0) is 22.3. The standard InChI is InChI=1S/C26H33N5O/c1-19-9-11-22(12-10-19)25-29-24(18-32-25)17-28-26(27-3)30-23-13-15-31(16-14-23)20(2)21-7-5-4-6-8-21/h4-12,18,20,23H,13-17H2,1-3H3,(H2,27,28,30). The molecule has 1 unspecified atom stereocenters. The summed E-state index contributed by atoms with van der Waals surface area (Å²) in [4.78, 5) is 11.6. The van der Waals surface area contributed by atoms with Crippen LogP contribution in [-0.4, -0.2) is 42.0 Å². The van der Waals surface area contributed by atoms with Crippen molar-refractivity contribution < 1.29 is 4.42 Å². The Balaban J connectivity index is 1.25. The Labute approximate surface area is 190 Å². The van der Waals surface area contributed by atoms with Gasteiger partial charge < -0.3 is 15.1 Å². The summed E-state index contributed by atoms with van der Waals surface area (Å²) in [5, 5.41) is 6.94. The smallest absolute Gasteiger partial charge is 0.226 e. The number of aryl methyl sites for hydroxylation is 1. The molecule has 0 spiro atoms. The molecule has 4 rings (SSSR count). The van der Waals surface area contributed by atoms with Gasteiger partial charge in [-0.05, 0) is 44.4 Å². The number of hydrogen-bond donors (Lipinski definition) is 2. The van der Waals surface area contributed by atoms with E-state index in [2.05, 4.69) is 81.8 Å². The fourth-order valence-corrected chi connectivity index (χ4v) is 4.15. The zero-order valence-corrected chi connectivity index (χ0v) is 19.2. The second-order valence-corrected chi connectivity index (χ2v) is 8.48. The molecule has 3 aromatic rings. The first kappa shape index (κ1) is 22.1. The van der Waals surface area contributed by atoms with E-state index in [0.29, 0.717) is 24.5 Å². The van der Waals surface area contributed by atoms with Crippen LogP contribution in [0.15, 0.2) is 70.3 Å². The monoisotopic (exact) mass is 431 g/mol. The van der Waals surface area contributed by atoms with Gasteiger partial charge in [0.25, 0.3) is 0 Å². The molecule has 0 aliphatic carbocycles. The predicted molar refractivity (Wildman–Crippen MR) is 129 cm³/mol. The number of nitrogens with one attached hydrogen (secondary N) is 2. The van der Waals surface area contributed by atoms with Gasteiger partial charge in [0.2, 0.25) is 5.89 Å². The van der Waals surface area contributed by atoms with E-state index in [1.807, 2.05) is 19.2 Å². The molecule has 0 saturated carbocycles. The van der Waals surface area contributed by atoms with E-state index in [4.69, 9.17) is 4.42 Å². The summed E-state index contributed by atoms with van der Waals surface area (Å²) >= 11 is 0. The number of aliphatic imine (C=N–C) groups is 1. The van der Waals surface area contributed by atoms with Gasteiger partial charge in [0.15, 0.2) is 5.96 Å². The number of benzene rings is 2. The zero-order valence-electron chi connectivity index (χ0n) is 19.2. The number of piperidine rings is 1. The average molecular weight is 432 g/mol. The molecule has 1 aromatic heterocycles. The second-order valence-electron chi connectivity index (χ2n) is 8.48. The summed E-state index contributed by atoms with van der Waals surface area (Å²) in [6.45, 7) is 7.09. The highest BCUT2D eigenvalue weighted by molar-refractivity contribution is 5.79. The number of likely N-dealkylation sites (tertiary alicyclic amines) is 1. The van der Waals surface area contributed by atoms with Crippen LogP contribution in [0.4, 0.5) is 0 Å². The number of nitrogens with zero attached hydrogens (tertiary/aromatic N) is 3. The largest absolute Gasteiger partial charge is 0.444 e. The molecule has 168 valence electrons. The summed E-state index contributed by atoms with van der Waals surface area (Å²) < 4.78 is 5.66. The Morgan fingerprint density at radius 2 is 1.84 bits per heavy atom. The lowest BCUT2D eigenvalue weighted by Crippen LogP contribution is -2.48. The Kier molecular flexibility index (Phi) is 7.22. The number of rotatable bonds is 6. The van der Waals surface area contributed by atoms with Crippen LogP contribution < -0.4 is 10.6 Å². The molecule has 6 nitrogen and oxygen atoms in total. The highest BCUT2D eigenvalue weighted by Crippen LogP contribution is 2.24. The van der Waals surface area contributed by atoms with E-state index in [9.17, 15) is 0 Å². The molecular formula is C26H33N5O. The van der Waals surface area contributed by atoms with Crippen molar-refractivity contribution in [3.8, 4) is 11.5 Å². The van der Waals surface area contributed by atoms with Crippen LogP contribution in [0.2, 0.25) is 0 Å². The highest BCUT2D eigenvalue weighted by Gasteiger charge is 2.24. The van der Waals surface area contributed by atoms with E-state index >= 15 is 0 Å². The fourth-order valence-electron chi connectivity index (χ4n) is 4.15. The van der Waals surface area contributed by atoms with Crippen molar-refractivity contribution >= 4 is 5.96 Å². The lowest BCUT2D eigenvalue weighted by atomic mass is 10.0. The topological polar surface area (TPSA) is 65.7 Å². The van der Waals surface area contributed by atoms with Crippen molar-refractivity contribution in [1.29, 1.82) is 0 Å². The molecule has 2 aromatic carbocycles. The molecule has 1 saturated heterocycles.